The smallest absolute Gasteiger partial charge is 0.143 e. The largest absolute Gasteiger partial charge is 0.392 e. The molecular formula is C8H7FN4O. The number of aliphatic hydroxyl groups is 1. The molecule has 6 heteroatoms. The minimum atomic E-state index is -0.472. The maximum absolute atomic E-state index is 13.2. The predicted octanol–water partition coefficient (Wildman–Crippen LogP) is 0.294. The number of rotatable bonds is 2. The highest BCUT2D eigenvalue weighted by Gasteiger charge is 2.04. The molecule has 0 bridgehead atoms. The SMILES string of the molecule is OCc1ccc(-n2cnnn2)cc1F. The van der Waals surface area contributed by atoms with Gasteiger partial charge in [0.1, 0.15) is 12.1 Å². The Bertz CT molecular complexity index is 429. The van der Waals surface area contributed by atoms with Gasteiger partial charge in [0.25, 0.3) is 0 Å². The number of nitrogens with zero attached hydrogens (tertiary/aromatic N) is 4. The number of hydrogen-bond acceptors (Lipinski definition) is 4. The van der Waals surface area contributed by atoms with E-state index < -0.39 is 5.82 Å². The lowest BCUT2D eigenvalue weighted by molar-refractivity contribution is 0.275. The van der Waals surface area contributed by atoms with E-state index in [0.29, 0.717) is 5.69 Å². The first-order valence-corrected chi connectivity index (χ1v) is 3.94. The third-order valence-electron chi connectivity index (χ3n) is 1.82. The third-order valence-corrected chi connectivity index (χ3v) is 1.82. The van der Waals surface area contributed by atoms with E-state index in [0.717, 1.165) is 0 Å². The first-order chi connectivity index (χ1) is 6.81. The van der Waals surface area contributed by atoms with Crippen molar-refractivity contribution in [3.05, 3.63) is 35.9 Å². The zero-order valence-corrected chi connectivity index (χ0v) is 7.13. The molecule has 0 unspecified atom stereocenters. The van der Waals surface area contributed by atoms with E-state index in [9.17, 15) is 4.39 Å². The Kier molecular flexibility index (Phi) is 2.19. The molecule has 1 aromatic carbocycles. The van der Waals surface area contributed by atoms with Crippen LogP contribution in [0.3, 0.4) is 0 Å². The molecule has 0 aliphatic carbocycles. The molecule has 72 valence electrons. The van der Waals surface area contributed by atoms with E-state index in [4.69, 9.17) is 5.11 Å². The van der Waals surface area contributed by atoms with E-state index in [2.05, 4.69) is 15.5 Å². The van der Waals surface area contributed by atoms with E-state index in [1.165, 1.54) is 23.1 Å². The molecule has 0 atom stereocenters. The Morgan fingerprint density at radius 1 is 1.43 bits per heavy atom. The third kappa shape index (κ3) is 1.47. The molecule has 2 aromatic rings. The number of aromatic nitrogens is 4. The first-order valence-electron chi connectivity index (χ1n) is 3.94. The molecule has 1 N–H and O–H groups in total. The zero-order valence-electron chi connectivity index (χ0n) is 7.13. The van der Waals surface area contributed by atoms with Gasteiger partial charge in [-0.2, -0.15) is 0 Å². The van der Waals surface area contributed by atoms with Crippen molar-refractivity contribution < 1.29 is 9.50 Å². The summed E-state index contributed by atoms with van der Waals surface area (Å²) in [7, 11) is 0. The van der Waals surface area contributed by atoms with Gasteiger partial charge in [-0.25, -0.2) is 9.07 Å². The lowest BCUT2D eigenvalue weighted by atomic mass is 10.2. The number of aliphatic hydroxyl groups excluding tert-OH is 1. The molecule has 0 aliphatic rings. The monoisotopic (exact) mass is 194 g/mol. The predicted molar refractivity (Wildman–Crippen MR) is 45.0 cm³/mol. The van der Waals surface area contributed by atoms with Gasteiger partial charge in [-0.15, -0.1) is 5.10 Å². The summed E-state index contributed by atoms with van der Waals surface area (Å²) in [4.78, 5) is 0. The van der Waals surface area contributed by atoms with Crippen molar-refractivity contribution in [2.45, 2.75) is 6.61 Å². The molecule has 1 heterocycles. The minimum absolute atomic E-state index is 0.252. The van der Waals surface area contributed by atoms with Crippen LogP contribution >= 0.6 is 0 Å². The van der Waals surface area contributed by atoms with Gasteiger partial charge in [-0.3, -0.25) is 0 Å². The molecule has 1 aromatic heterocycles. The van der Waals surface area contributed by atoms with Crippen molar-refractivity contribution in [1.82, 2.24) is 20.2 Å². The van der Waals surface area contributed by atoms with Crippen LogP contribution in [0.25, 0.3) is 5.69 Å². The van der Waals surface area contributed by atoms with Gasteiger partial charge in [0, 0.05) is 11.6 Å². The summed E-state index contributed by atoms with van der Waals surface area (Å²) in [6.07, 6.45) is 1.37. The van der Waals surface area contributed by atoms with Gasteiger partial charge < -0.3 is 5.11 Å². The van der Waals surface area contributed by atoms with Crippen LogP contribution in [0, 0.1) is 5.82 Å². The molecule has 0 saturated carbocycles. The van der Waals surface area contributed by atoms with Gasteiger partial charge in [-0.05, 0) is 16.5 Å². The van der Waals surface area contributed by atoms with Gasteiger partial charge in [-0.1, -0.05) is 6.07 Å². The molecule has 14 heavy (non-hydrogen) atoms. The molecule has 5 nitrogen and oxygen atoms in total. The summed E-state index contributed by atoms with van der Waals surface area (Å²) in [6.45, 7) is -0.318. The van der Waals surface area contributed by atoms with Crippen LogP contribution < -0.4 is 0 Å². The van der Waals surface area contributed by atoms with Gasteiger partial charge in [0.2, 0.25) is 0 Å². The van der Waals surface area contributed by atoms with E-state index >= 15 is 0 Å². The highest BCUT2D eigenvalue weighted by atomic mass is 19.1. The van der Waals surface area contributed by atoms with E-state index in [1.54, 1.807) is 6.07 Å². The Balaban J connectivity index is 2.43. The van der Waals surface area contributed by atoms with Crippen LogP contribution in [0.4, 0.5) is 4.39 Å². The maximum atomic E-state index is 13.2. The second-order valence-corrected chi connectivity index (χ2v) is 2.69. The Labute approximate surface area is 78.8 Å². The Morgan fingerprint density at radius 2 is 2.29 bits per heavy atom. The summed E-state index contributed by atoms with van der Waals surface area (Å²) in [6, 6.07) is 4.39. The average molecular weight is 194 g/mol. The van der Waals surface area contributed by atoms with Crippen molar-refractivity contribution in [3.63, 3.8) is 0 Å². The molecular weight excluding hydrogens is 187 g/mol. The average Bonchev–Trinajstić information content (AvgIpc) is 2.70. The first kappa shape index (κ1) is 8.76. The molecule has 0 spiro atoms. The lowest BCUT2D eigenvalue weighted by Gasteiger charge is -2.02. The molecule has 0 amide bonds. The van der Waals surface area contributed by atoms with Crippen LogP contribution in [0.2, 0.25) is 0 Å². The van der Waals surface area contributed by atoms with Crippen LogP contribution in [-0.2, 0) is 6.61 Å². The molecule has 0 saturated heterocycles. The van der Waals surface area contributed by atoms with E-state index in [-0.39, 0.29) is 12.2 Å². The highest BCUT2D eigenvalue weighted by Crippen LogP contribution is 2.12. The summed E-state index contributed by atoms with van der Waals surface area (Å²) in [5.41, 5.74) is 0.770. The number of hydrogen-bond donors (Lipinski definition) is 1. The fourth-order valence-electron chi connectivity index (χ4n) is 1.09. The van der Waals surface area contributed by atoms with Crippen molar-refractivity contribution in [3.8, 4) is 5.69 Å². The normalized spacial score (nSPS) is 10.4. The zero-order chi connectivity index (χ0) is 9.97. The number of halogens is 1. The van der Waals surface area contributed by atoms with Crippen molar-refractivity contribution >= 4 is 0 Å². The van der Waals surface area contributed by atoms with Crippen LogP contribution in [0.15, 0.2) is 24.5 Å². The lowest BCUT2D eigenvalue weighted by Crippen LogP contribution is -1.98. The summed E-state index contributed by atoms with van der Waals surface area (Å²) in [5.74, 6) is -0.472. The minimum Gasteiger partial charge on any atom is -0.392 e. The second-order valence-electron chi connectivity index (χ2n) is 2.69. The maximum Gasteiger partial charge on any atom is 0.143 e. The molecule has 2 rings (SSSR count). The number of tetrazole rings is 1. The van der Waals surface area contributed by atoms with Crippen molar-refractivity contribution in [1.29, 1.82) is 0 Å². The second kappa shape index (κ2) is 3.51. The quantitative estimate of drug-likeness (QED) is 0.746. The molecule has 0 radical (unpaired) electrons. The van der Waals surface area contributed by atoms with Crippen LogP contribution in [0.5, 0.6) is 0 Å². The van der Waals surface area contributed by atoms with Gasteiger partial charge in [0.05, 0.1) is 12.3 Å². The Morgan fingerprint density at radius 3 is 2.86 bits per heavy atom. The Hall–Kier alpha value is -1.82. The summed E-state index contributed by atoms with van der Waals surface area (Å²) < 4.78 is 14.5. The van der Waals surface area contributed by atoms with Gasteiger partial charge in [0.15, 0.2) is 0 Å². The topological polar surface area (TPSA) is 63.8 Å². The fourth-order valence-corrected chi connectivity index (χ4v) is 1.09. The van der Waals surface area contributed by atoms with E-state index in [1.807, 2.05) is 0 Å². The van der Waals surface area contributed by atoms with Crippen molar-refractivity contribution in [2.24, 2.45) is 0 Å². The van der Waals surface area contributed by atoms with Crippen LogP contribution in [0.1, 0.15) is 5.56 Å². The highest BCUT2D eigenvalue weighted by molar-refractivity contribution is 5.34. The van der Waals surface area contributed by atoms with Gasteiger partial charge >= 0.3 is 0 Å². The van der Waals surface area contributed by atoms with Crippen LogP contribution in [-0.4, -0.2) is 25.3 Å². The summed E-state index contributed by atoms with van der Waals surface area (Å²) >= 11 is 0. The fraction of sp³-hybridized carbons (Fsp3) is 0.125. The summed E-state index contributed by atoms with van der Waals surface area (Å²) in [5, 5.41) is 19.2. The van der Waals surface area contributed by atoms with Crippen molar-refractivity contribution in [2.75, 3.05) is 0 Å². The number of benzene rings is 1. The standard InChI is InChI=1S/C8H7FN4O/c9-8-3-7(2-1-6(8)4-14)13-5-10-11-12-13/h1-3,5,14H,4H2. The molecule has 0 aliphatic heterocycles. The molecule has 0 fully saturated rings.